The van der Waals surface area contributed by atoms with Gasteiger partial charge in [-0.2, -0.15) is 0 Å². The molecule has 1 amide bonds. The maximum Gasteiger partial charge on any atom is 0.273 e. The highest BCUT2D eigenvalue weighted by atomic mass is 32.1. The molecule has 3 rings (SSSR count). The Balaban J connectivity index is 1.83. The van der Waals surface area contributed by atoms with Crippen LogP contribution < -0.4 is 5.32 Å². The Hall–Kier alpha value is -3.20. The highest BCUT2D eigenvalue weighted by Gasteiger charge is 2.19. The Morgan fingerprint density at radius 3 is 2.69 bits per heavy atom. The van der Waals surface area contributed by atoms with Crippen molar-refractivity contribution in [2.45, 2.75) is 6.92 Å². The number of nitrogens with one attached hydrogen (secondary N) is 1. The summed E-state index contributed by atoms with van der Waals surface area (Å²) >= 11 is 1.10. The fourth-order valence-electron chi connectivity index (χ4n) is 2.35. The minimum atomic E-state index is -0.992. The van der Waals surface area contributed by atoms with Crippen molar-refractivity contribution in [3.8, 4) is 11.3 Å². The highest BCUT2D eigenvalue weighted by molar-refractivity contribution is 7.14. The number of carbonyl (C=O) groups excluding carboxylic acids is 1. The van der Waals surface area contributed by atoms with Gasteiger partial charge in [-0.25, -0.2) is 13.8 Å². The Morgan fingerprint density at radius 2 is 2.00 bits per heavy atom. The summed E-state index contributed by atoms with van der Waals surface area (Å²) in [6.45, 7) is 1.49. The topological polar surface area (TPSA) is 85.1 Å². The first kappa shape index (κ1) is 17.6. The molecule has 0 saturated heterocycles. The molecule has 0 fully saturated rings. The van der Waals surface area contributed by atoms with E-state index in [9.17, 15) is 23.7 Å². The molecule has 0 aliphatic heterocycles. The molecule has 1 N–H and O–H groups in total. The highest BCUT2D eigenvalue weighted by Crippen LogP contribution is 2.27. The molecule has 26 heavy (non-hydrogen) atoms. The summed E-state index contributed by atoms with van der Waals surface area (Å²) < 4.78 is 26.3. The van der Waals surface area contributed by atoms with Crippen LogP contribution in [0.25, 0.3) is 11.3 Å². The van der Waals surface area contributed by atoms with Crippen LogP contribution in [0.5, 0.6) is 0 Å². The zero-order valence-electron chi connectivity index (χ0n) is 13.3. The Kier molecular flexibility index (Phi) is 4.72. The summed E-state index contributed by atoms with van der Waals surface area (Å²) in [7, 11) is 0. The van der Waals surface area contributed by atoms with Crippen LogP contribution in [0.3, 0.4) is 0 Å². The molecule has 0 bridgehead atoms. The molecule has 9 heteroatoms. The lowest BCUT2D eigenvalue weighted by Crippen LogP contribution is -2.14. The van der Waals surface area contributed by atoms with Crippen LogP contribution in [-0.2, 0) is 0 Å². The lowest BCUT2D eigenvalue weighted by Gasteiger charge is -2.05. The van der Waals surface area contributed by atoms with Crippen LogP contribution in [0.4, 0.5) is 19.6 Å². The summed E-state index contributed by atoms with van der Waals surface area (Å²) in [5, 5.41) is 15.4. The van der Waals surface area contributed by atoms with Gasteiger partial charge in [0.1, 0.15) is 0 Å². The number of carbonyl (C=O) groups is 1. The molecule has 6 nitrogen and oxygen atoms in total. The van der Waals surface area contributed by atoms with Gasteiger partial charge < -0.3 is 0 Å². The van der Waals surface area contributed by atoms with E-state index >= 15 is 0 Å². The quantitative estimate of drug-likeness (QED) is 0.535. The van der Waals surface area contributed by atoms with Crippen molar-refractivity contribution in [1.82, 2.24) is 4.98 Å². The fourth-order valence-corrected chi connectivity index (χ4v) is 3.07. The fraction of sp³-hybridized carbons (Fsp3) is 0.0588. The van der Waals surface area contributed by atoms with Crippen LogP contribution >= 0.6 is 11.3 Å². The number of benzene rings is 2. The second-order valence-corrected chi connectivity index (χ2v) is 6.19. The van der Waals surface area contributed by atoms with E-state index in [4.69, 9.17) is 0 Å². The van der Waals surface area contributed by atoms with Crippen molar-refractivity contribution < 1.29 is 18.5 Å². The summed E-state index contributed by atoms with van der Waals surface area (Å²) in [4.78, 5) is 27.0. The van der Waals surface area contributed by atoms with Gasteiger partial charge in [0, 0.05) is 28.1 Å². The first-order chi connectivity index (χ1) is 12.4. The van der Waals surface area contributed by atoms with Crippen LogP contribution in [0.2, 0.25) is 0 Å². The molecule has 0 atom stereocenters. The van der Waals surface area contributed by atoms with Crippen molar-refractivity contribution in [1.29, 1.82) is 0 Å². The summed E-state index contributed by atoms with van der Waals surface area (Å²) in [6, 6.07) is 7.60. The number of hydrogen-bond donors (Lipinski definition) is 1. The van der Waals surface area contributed by atoms with Gasteiger partial charge in [0.15, 0.2) is 16.8 Å². The number of nitro benzene ring substituents is 1. The predicted molar refractivity (Wildman–Crippen MR) is 93.3 cm³/mol. The molecule has 2 aromatic carbocycles. The zero-order chi connectivity index (χ0) is 18.8. The van der Waals surface area contributed by atoms with E-state index in [0.717, 1.165) is 23.5 Å². The van der Waals surface area contributed by atoms with E-state index in [-0.39, 0.29) is 21.9 Å². The van der Waals surface area contributed by atoms with E-state index in [2.05, 4.69) is 10.3 Å². The normalized spacial score (nSPS) is 10.6. The van der Waals surface area contributed by atoms with E-state index in [1.54, 1.807) is 5.38 Å². The zero-order valence-corrected chi connectivity index (χ0v) is 14.1. The maximum atomic E-state index is 13.3. The molecule has 0 saturated carbocycles. The minimum Gasteiger partial charge on any atom is -0.298 e. The lowest BCUT2D eigenvalue weighted by molar-refractivity contribution is -0.385. The molecule has 0 aliphatic carbocycles. The average Bonchev–Trinajstić information content (AvgIpc) is 3.05. The Morgan fingerprint density at radius 1 is 1.23 bits per heavy atom. The van der Waals surface area contributed by atoms with Crippen molar-refractivity contribution in [3.05, 3.63) is 74.7 Å². The van der Waals surface area contributed by atoms with Crippen molar-refractivity contribution in [2.75, 3.05) is 5.32 Å². The van der Waals surface area contributed by atoms with Crippen molar-refractivity contribution in [2.24, 2.45) is 0 Å². The first-order valence-corrected chi connectivity index (χ1v) is 8.21. The van der Waals surface area contributed by atoms with Crippen LogP contribution in [-0.4, -0.2) is 15.8 Å². The van der Waals surface area contributed by atoms with E-state index in [1.165, 1.54) is 31.2 Å². The van der Waals surface area contributed by atoms with E-state index in [1.807, 2.05) is 0 Å². The van der Waals surface area contributed by atoms with Crippen LogP contribution in [0.1, 0.15) is 15.9 Å². The van der Waals surface area contributed by atoms with Crippen LogP contribution in [0.15, 0.2) is 41.8 Å². The molecule has 0 radical (unpaired) electrons. The third-order valence-electron chi connectivity index (χ3n) is 3.69. The molecule has 132 valence electrons. The van der Waals surface area contributed by atoms with Crippen molar-refractivity contribution >= 4 is 28.1 Å². The van der Waals surface area contributed by atoms with Gasteiger partial charge >= 0.3 is 0 Å². The number of thiazole rings is 1. The molecular weight excluding hydrogens is 364 g/mol. The summed E-state index contributed by atoms with van der Waals surface area (Å²) in [5.74, 6) is -2.50. The van der Waals surface area contributed by atoms with Gasteiger partial charge in [0.2, 0.25) is 0 Å². The van der Waals surface area contributed by atoms with E-state index < -0.39 is 22.5 Å². The summed E-state index contributed by atoms with van der Waals surface area (Å²) in [6.07, 6.45) is 0. The van der Waals surface area contributed by atoms with Crippen LogP contribution in [0, 0.1) is 28.7 Å². The third-order valence-corrected chi connectivity index (χ3v) is 4.44. The van der Waals surface area contributed by atoms with Gasteiger partial charge in [-0.1, -0.05) is 6.07 Å². The van der Waals surface area contributed by atoms with E-state index in [0.29, 0.717) is 11.3 Å². The van der Waals surface area contributed by atoms with Gasteiger partial charge in [-0.05, 0) is 31.2 Å². The van der Waals surface area contributed by atoms with Gasteiger partial charge in [0.25, 0.3) is 11.6 Å². The molecule has 1 aromatic heterocycles. The number of amides is 1. The third kappa shape index (κ3) is 3.42. The monoisotopic (exact) mass is 375 g/mol. The molecule has 3 aromatic rings. The largest absolute Gasteiger partial charge is 0.298 e. The van der Waals surface area contributed by atoms with Crippen molar-refractivity contribution in [3.63, 3.8) is 0 Å². The smallest absolute Gasteiger partial charge is 0.273 e. The number of nitrogens with zero attached hydrogens (tertiary/aromatic N) is 2. The van der Waals surface area contributed by atoms with Gasteiger partial charge in [-0.15, -0.1) is 11.3 Å². The standard InChI is InChI=1S/C17H11F2N3O3S/c1-9-11(3-2-4-15(9)22(24)25)16(23)21-17-20-14(8-26-17)10-5-6-12(18)13(19)7-10/h2-8H,1H3,(H,20,21,23). The summed E-state index contributed by atoms with van der Waals surface area (Å²) in [5.41, 5.74) is 0.988. The Bertz CT molecular complexity index is 1020. The number of anilines is 1. The molecule has 0 aliphatic rings. The molecule has 1 heterocycles. The van der Waals surface area contributed by atoms with Gasteiger partial charge in [0.05, 0.1) is 10.6 Å². The minimum absolute atomic E-state index is 0.153. The SMILES string of the molecule is Cc1c(C(=O)Nc2nc(-c3ccc(F)c(F)c3)cs2)cccc1[N+](=O)[O-]. The predicted octanol–water partition coefficient (Wildman–Crippen LogP) is 4.56. The second-order valence-electron chi connectivity index (χ2n) is 5.33. The number of hydrogen-bond acceptors (Lipinski definition) is 5. The number of nitro groups is 1. The lowest BCUT2D eigenvalue weighted by atomic mass is 10.1. The average molecular weight is 375 g/mol. The number of aromatic nitrogens is 1. The molecule has 0 spiro atoms. The van der Waals surface area contributed by atoms with Gasteiger partial charge in [-0.3, -0.25) is 20.2 Å². The molecule has 0 unspecified atom stereocenters. The second kappa shape index (κ2) is 6.96. The number of rotatable bonds is 4. The maximum absolute atomic E-state index is 13.3. The number of halogens is 2. The Labute approximate surface area is 150 Å². The molecular formula is C17H11F2N3O3S. The first-order valence-electron chi connectivity index (χ1n) is 7.33.